The van der Waals surface area contributed by atoms with Gasteiger partial charge in [0.15, 0.2) is 0 Å². The van der Waals surface area contributed by atoms with Gasteiger partial charge in [-0.05, 0) is 37.2 Å². The molecule has 2 aromatic rings. The van der Waals surface area contributed by atoms with Crippen LogP contribution in [0.25, 0.3) is 0 Å². The van der Waals surface area contributed by atoms with E-state index in [-0.39, 0.29) is 22.2 Å². The number of nitro benzene ring substituents is 1. The highest BCUT2D eigenvalue weighted by Gasteiger charge is 2.25. The summed E-state index contributed by atoms with van der Waals surface area (Å²) >= 11 is 11.9. The minimum Gasteiger partial charge on any atom is -0.363 e. The molecule has 2 aromatic carbocycles. The molecule has 3 rings (SSSR count). The van der Waals surface area contributed by atoms with Crippen molar-refractivity contribution in [2.75, 3.05) is 38.1 Å². The van der Waals surface area contributed by atoms with E-state index in [1.54, 1.807) is 26.0 Å². The first kappa shape index (κ1) is 27.4. The van der Waals surface area contributed by atoms with Crippen LogP contribution in [0.15, 0.2) is 41.5 Å². The number of carbonyl (C=O) groups excluding carboxylic acids is 2. The predicted molar refractivity (Wildman–Crippen MR) is 141 cm³/mol. The molecule has 2 amide bonds. The average molecular weight is 535 g/mol. The van der Waals surface area contributed by atoms with E-state index in [9.17, 15) is 19.7 Å². The van der Waals surface area contributed by atoms with Crippen LogP contribution in [-0.2, 0) is 4.79 Å². The fourth-order valence-electron chi connectivity index (χ4n) is 3.72. The summed E-state index contributed by atoms with van der Waals surface area (Å²) < 4.78 is 0. The second-order valence-electron chi connectivity index (χ2n) is 8.85. The van der Waals surface area contributed by atoms with Crippen molar-refractivity contribution in [1.82, 2.24) is 15.6 Å². The highest BCUT2D eigenvalue weighted by atomic mass is 35.5. The van der Waals surface area contributed by atoms with Gasteiger partial charge in [-0.3, -0.25) is 19.7 Å². The van der Waals surface area contributed by atoms with Gasteiger partial charge in [-0.15, -0.1) is 0 Å². The normalized spacial score (nSPS) is 15.2. The number of rotatable bonds is 8. The molecule has 0 spiro atoms. The maximum Gasteiger partial charge on any atom is 0.293 e. The molecule has 1 heterocycles. The quantitative estimate of drug-likeness (QED) is 0.303. The molecule has 1 aliphatic rings. The van der Waals surface area contributed by atoms with Crippen LogP contribution in [0.2, 0.25) is 10.0 Å². The van der Waals surface area contributed by atoms with E-state index in [4.69, 9.17) is 23.2 Å². The Kier molecular flexibility index (Phi) is 9.25. The van der Waals surface area contributed by atoms with E-state index < -0.39 is 22.8 Å². The number of amides is 2. The summed E-state index contributed by atoms with van der Waals surface area (Å²) in [7, 11) is 2.02. The number of piperazine rings is 1. The number of hydrogen-bond acceptors (Lipinski definition) is 7. The number of hydrazone groups is 1. The summed E-state index contributed by atoms with van der Waals surface area (Å²) in [5, 5.41) is 18.9. The molecule has 1 fully saturated rings. The predicted octanol–water partition coefficient (Wildman–Crippen LogP) is 3.56. The van der Waals surface area contributed by atoms with E-state index in [1.807, 2.05) is 11.9 Å². The van der Waals surface area contributed by atoms with E-state index in [1.165, 1.54) is 30.5 Å². The average Bonchev–Trinajstić information content (AvgIpc) is 2.84. The zero-order valence-corrected chi connectivity index (χ0v) is 21.7. The molecule has 1 atom stereocenters. The Morgan fingerprint density at radius 2 is 1.78 bits per heavy atom. The van der Waals surface area contributed by atoms with Crippen LogP contribution < -0.4 is 15.6 Å². The van der Waals surface area contributed by atoms with Gasteiger partial charge >= 0.3 is 0 Å². The summed E-state index contributed by atoms with van der Waals surface area (Å²) in [5.41, 5.74) is 3.66. The molecular formula is C24H28Cl2N6O4. The molecule has 0 bridgehead atoms. The van der Waals surface area contributed by atoms with Crippen molar-refractivity contribution in [2.45, 2.75) is 19.9 Å². The number of nitrogens with zero attached hydrogens (tertiary/aromatic N) is 4. The van der Waals surface area contributed by atoms with Crippen molar-refractivity contribution in [3.05, 3.63) is 67.7 Å². The van der Waals surface area contributed by atoms with Gasteiger partial charge in [0.05, 0.1) is 21.2 Å². The summed E-state index contributed by atoms with van der Waals surface area (Å²) in [6.45, 7) is 6.61. The van der Waals surface area contributed by atoms with Crippen LogP contribution in [0.3, 0.4) is 0 Å². The van der Waals surface area contributed by atoms with Crippen LogP contribution in [0.4, 0.5) is 11.4 Å². The third-order valence-corrected chi connectivity index (χ3v) is 6.59. The second-order valence-corrected chi connectivity index (χ2v) is 9.67. The topological polar surface area (TPSA) is 120 Å². The van der Waals surface area contributed by atoms with Crippen molar-refractivity contribution in [3.63, 3.8) is 0 Å². The molecule has 0 aromatic heterocycles. The molecule has 10 nitrogen and oxygen atoms in total. The molecule has 0 radical (unpaired) electrons. The second kappa shape index (κ2) is 12.2. The monoisotopic (exact) mass is 534 g/mol. The highest BCUT2D eigenvalue weighted by Crippen LogP contribution is 2.29. The molecule has 12 heteroatoms. The SMILES string of the molecule is CC(C)C(NC(=O)c1ccc(Cl)c(Cl)c1)C(=O)NN=Cc1ccc(N2CCN(C)CC2)c([N+](=O)[O-])c1. The number of nitro groups is 1. The maximum absolute atomic E-state index is 12.7. The lowest BCUT2D eigenvalue weighted by Gasteiger charge is -2.33. The third kappa shape index (κ3) is 6.93. The van der Waals surface area contributed by atoms with Gasteiger partial charge in [-0.1, -0.05) is 43.1 Å². The Bertz CT molecular complexity index is 1170. The lowest BCUT2D eigenvalue weighted by Crippen LogP contribution is -2.48. The number of carbonyl (C=O) groups is 2. The van der Waals surface area contributed by atoms with Crippen molar-refractivity contribution >= 4 is 52.6 Å². The first-order chi connectivity index (χ1) is 17.1. The molecule has 1 saturated heterocycles. The van der Waals surface area contributed by atoms with Crippen molar-refractivity contribution in [2.24, 2.45) is 11.0 Å². The molecule has 36 heavy (non-hydrogen) atoms. The Hall–Kier alpha value is -3.21. The standard InChI is InChI=1S/C24H28Cl2N6O4/c1-15(2)22(28-23(33)17-5-6-18(25)19(26)13-17)24(34)29-27-14-16-4-7-20(21(12-16)32(35)36)31-10-8-30(3)9-11-31/h4-7,12-15,22H,8-11H2,1-3H3,(H,28,33)(H,29,34). The number of anilines is 1. The molecule has 0 saturated carbocycles. The molecule has 0 aliphatic carbocycles. The van der Waals surface area contributed by atoms with Crippen LogP contribution >= 0.6 is 23.2 Å². The van der Waals surface area contributed by atoms with Gasteiger partial charge < -0.3 is 15.1 Å². The molecular weight excluding hydrogens is 507 g/mol. The van der Waals surface area contributed by atoms with Crippen LogP contribution in [-0.4, -0.2) is 67.1 Å². The Morgan fingerprint density at radius 3 is 2.39 bits per heavy atom. The molecule has 1 unspecified atom stereocenters. The summed E-state index contributed by atoms with van der Waals surface area (Å²) in [6.07, 6.45) is 1.33. The van der Waals surface area contributed by atoms with Crippen molar-refractivity contribution in [3.8, 4) is 0 Å². The fraction of sp³-hybridized carbons (Fsp3) is 0.375. The smallest absolute Gasteiger partial charge is 0.293 e. The lowest BCUT2D eigenvalue weighted by atomic mass is 10.0. The first-order valence-corrected chi connectivity index (χ1v) is 12.1. The van der Waals surface area contributed by atoms with Gasteiger partial charge in [0.2, 0.25) is 0 Å². The minimum absolute atomic E-state index is 0.0243. The lowest BCUT2D eigenvalue weighted by molar-refractivity contribution is -0.384. The molecule has 192 valence electrons. The zero-order valence-electron chi connectivity index (χ0n) is 20.2. The van der Waals surface area contributed by atoms with Crippen LogP contribution in [0.5, 0.6) is 0 Å². The van der Waals surface area contributed by atoms with Crippen LogP contribution in [0, 0.1) is 16.0 Å². The number of benzene rings is 2. The third-order valence-electron chi connectivity index (χ3n) is 5.85. The van der Waals surface area contributed by atoms with E-state index in [0.717, 1.165) is 13.1 Å². The Morgan fingerprint density at radius 1 is 1.08 bits per heavy atom. The van der Waals surface area contributed by atoms with E-state index in [2.05, 4.69) is 20.7 Å². The van der Waals surface area contributed by atoms with Crippen LogP contribution in [0.1, 0.15) is 29.8 Å². The molecule has 2 N–H and O–H groups in total. The largest absolute Gasteiger partial charge is 0.363 e. The Labute approximate surface area is 219 Å². The van der Waals surface area contributed by atoms with Gasteiger partial charge in [0.1, 0.15) is 11.7 Å². The van der Waals surface area contributed by atoms with Gasteiger partial charge in [-0.2, -0.15) is 5.10 Å². The van der Waals surface area contributed by atoms with E-state index in [0.29, 0.717) is 29.4 Å². The Balaban J connectivity index is 1.67. The van der Waals surface area contributed by atoms with Crippen molar-refractivity contribution in [1.29, 1.82) is 0 Å². The fourth-order valence-corrected chi connectivity index (χ4v) is 4.02. The zero-order chi connectivity index (χ0) is 26.4. The first-order valence-electron chi connectivity index (χ1n) is 11.4. The number of likely N-dealkylation sites (N-methyl/N-ethyl adjacent to an activating group) is 1. The van der Waals surface area contributed by atoms with Gasteiger partial charge in [0.25, 0.3) is 17.5 Å². The number of halogens is 2. The number of nitrogens with one attached hydrogen (secondary N) is 2. The van der Waals surface area contributed by atoms with E-state index >= 15 is 0 Å². The van der Waals surface area contributed by atoms with Crippen molar-refractivity contribution < 1.29 is 14.5 Å². The summed E-state index contributed by atoms with van der Waals surface area (Å²) in [4.78, 5) is 40.7. The summed E-state index contributed by atoms with van der Waals surface area (Å²) in [6, 6.07) is 8.39. The molecule has 1 aliphatic heterocycles. The minimum atomic E-state index is -0.877. The maximum atomic E-state index is 12.7. The highest BCUT2D eigenvalue weighted by molar-refractivity contribution is 6.42. The summed E-state index contributed by atoms with van der Waals surface area (Å²) in [5.74, 6) is -1.25. The number of hydrogen-bond donors (Lipinski definition) is 2. The van der Waals surface area contributed by atoms with Gasteiger partial charge in [-0.25, -0.2) is 5.43 Å². The van der Waals surface area contributed by atoms with Gasteiger partial charge in [0, 0.05) is 43.4 Å².